The summed E-state index contributed by atoms with van der Waals surface area (Å²) in [6, 6.07) is 6.25. The molecule has 0 heterocycles. The third-order valence-corrected chi connectivity index (χ3v) is 3.61. The zero-order valence-corrected chi connectivity index (χ0v) is 12.4. The molecule has 19 heavy (non-hydrogen) atoms. The minimum atomic E-state index is -2.83. The first kappa shape index (κ1) is 15.9. The van der Waals surface area contributed by atoms with E-state index in [1.54, 1.807) is 24.1 Å². The maximum absolute atomic E-state index is 12.0. The van der Waals surface area contributed by atoms with Crippen LogP contribution in [0.4, 0.5) is 8.78 Å². The van der Waals surface area contributed by atoms with Gasteiger partial charge in [-0.05, 0) is 24.1 Å². The van der Waals surface area contributed by atoms with Gasteiger partial charge in [0.25, 0.3) is 0 Å². The Bertz CT molecular complexity index is 412. The zero-order valence-electron chi connectivity index (χ0n) is 10.8. The molecule has 1 rings (SSSR count). The summed E-state index contributed by atoms with van der Waals surface area (Å²) in [6.45, 7) is -0.480. The van der Waals surface area contributed by atoms with Crippen LogP contribution in [0.15, 0.2) is 24.3 Å². The summed E-state index contributed by atoms with van der Waals surface area (Å²) < 4.78 is 28.2. The SMILES string of the molecule is CCC(Br)C(=O)N(C)Cc1ccc(OC(F)F)cc1. The van der Waals surface area contributed by atoms with E-state index in [0.29, 0.717) is 13.0 Å². The lowest BCUT2D eigenvalue weighted by molar-refractivity contribution is -0.129. The summed E-state index contributed by atoms with van der Waals surface area (Å²) in [5.74, 6) is 0.107. The van der Waals surface area contributed by atoms with Gasteiger partial charge in [0.05, 0.1) is 4.83 Å². The van der Waals surface area contributed by atoms with E-state index in [9.17, 15) is 13.6 Å². The van der Waals surface area contributed by atoms with Gasteiger partial charge in [-0.3, -0.25) is 4.79 Å². The maximum Gasteiger partial charge on any atom is 0.387 e. The number of halogens is 3. The van der Waals surface area contributed by atoms with Crippen LogP contribution < -0.4 is 4.74 Å². The number of carbonyl (C=O) groups is 1. The van der Waals surface area contributed by atoms with E-state index in [-0.39, 0.29) is 16.5 Å². The summed E-state index contributed by atoms with van der Waals surface area (Å²) >= 11 is 3.30. The monoisotopic (exact) mass is 335 g/mol. The summed E-state index contributed by atoms with van der Waals surface area (Å²) in [4.78, 5) is 13.2. The fraction of sp³-hybridized carbons (Fsp3) is 0.462. The van der Waals surface area contributed by atoms with E-state index in [1.807, 2.05) is 6.92 Å². The van der Waals surface area contributed by atoms with E-state index in [0.717, 1.165) is 5.56 Å². The third-order valence-electron chi connectivity index (χ3n) is 2.57. The molecule has 0 saturated carbocycles. The Morgan fingerprint density at radius 3 is 2.42 bits per heavy atom. The van der Waals surface area contributed by atoms with Gasteiger partial charge in [0.15, 0.2) is 0 Å². The highest BCUT2D eigenvalue weighted by Crippen LogP contribution is 2.16. The van der Waals surface area contributed by atoms with E-state index < -0.39 is 6.61 Å². The topological polar surface area (TPSA) is 29.5 Å². The van der Waals surface area contributed by atoms with Gasteiger partial charge in [-0.2, -0.15) is 8.78 Å². The lowest BCUT2D eigenvalue weighted by Gasteiger charge is -2.20. The Balaban J connectivity index is 2.60. The number of benzene rings is 1. The van der Waals surface area contributed by atoms with Crippen molar-refractivity contribution in [1.29, 1.82) is 0 Å². The smallest absolute Gasteiger partial charge is 0.387 e. The molecule has 0 spiro atoms. The maximum atomic E-state index is 12.0. The normalized spacial score (nSPS) is 12.3. The average molecular weight is 336 g/mol. The molecule has 0 aliphatic rings. The first-order chi connectivity index (χ1) is 8.93. The van der Waals surface area contributed by atoms with Crippen molar-refractivity contribution < 1.29 is 18.3 Å². The van der Waals surface area contributed by atoms with Gasteiger partial charge in [0, 0.05) is 13.6 Å². The molecule has 1 aromatic carbocycles. The average Bonchev–Trinajstić information content (AvgIpc) is 2.38. The Morgan fingerprint density at radius 1 is 1.37 bits per heavy atom. The van der Waals surface area contributed by atoms with Gasteiger partial charge in [0.2, 0.25) is 5.91 Å². The molecule has 6 heteroatoms. The molecule has 1 unspecified atom stereocenters. The Kier molecular flexibility index (Phi) is 6.21. The van der Waals surface area contributed by atoms with E-state index in [2.05, 4.69) is 20.7 Å². The van der Waals surface area contributed by atoms with Crippen molar-refractivity contribution in [2.24, 2.45) is 0 Å². The molecule has 0 saturated heterocycles. The van der Waals surface area contributed by atoms with Gasteiger partial charge in [-0.1, -0.05) is 35.0 Å². The molecular weight excluding hydrogens is 320 g/mol. The van der Waals surface area contributed by atoms with Crippen LogP contribution in [-0.2, 0) is 11.3 Å². The number of carbonyl (C=O) groups excluding carboxylic acids is 1. The predicted molar refractivity (Wildman–Crippen MR) is 72.6 cm³/mol. The lowest BCUT2D eigenvalue weighted by atomic mass is 10.2. The van der Waals surface area contributed by atoms with Crippen LogP contribution in [0.2, 0.25) is 0 Å². The van der Waals surface area contributed by atoms with Crippen LogP contribution >= 0.6 is 15.9 Å². The van der Waals surface area contributed by atoms with Crippen molar-refractivity contribution in [3.63, 3.8) is 0 Å². The van der Waals surface area contributed by atoms with E-state index in [1.165, 1.54) is 12.1 Å². The van der Waals surface area contributed by atoms with Gasteiger partial charge in [0.1, 0.15) is 5.75 Å². The second-order valence-electron chi connectivity index (χ2n) is 4.09. The molecule has 1 atom stereocenters. The van der Waals surface area contributed by atoms with Gasteiger partial charge in [-0.25, -0.2) is 0 Å². The molecule has 3 nitrogen and oxygen atoms in total. The second-order valence-corrected chi connectivity index (χ2v) is 5.20. The fourth-order valence-corrected chi connectivity index (χ4v) is 1.89. The summed E-state index contributed by atoms with van der Waals surface area (Å²) in [6.07, 6.45) is 0.713. The molecule has 1 amide bonds. The van der Waals surface area contributed by atoms with Gasteiger partial charge >= 0.3 is 6.61 Å². The highest BCUT2D eigenvalue weighted by molar-refractivity contribution is 9.10. The zero-order chi connectivity index (χ0) is 14.4. The molecule has 0 aliphatic heterocycles. The second kappa shape index (κ2) is 7.43. The number of ether oxygens (including phenoxy) is 1. The molecule has 0 fully saturated rings. The van der Waals surface area contributed by atoms with Crippen LogP contribution in [0.5, 0.6) is 5.75 Å². The first-order valence-corrected chi connectivity index (χ1v) is 6.78. The minimum Gasteiger partial charge on any atom is -0.435 e. The molecule has 0 radical (unpaired) electrons. The lowest BCUT2D eigenvalue weighted by Crippen LogP contribution is -2.32. The van der Waals surface area contributed by atoms with Crippen molar-refractivity contribution in [1.82, 2.24) is 4.90 Å². The van der Waals surface area contributed by atoms with Crippen molar-refractivity contribution >= 4 is 21.8 Å². The molecule has 0 aromatic heterocycles. The summed E-state index contributed by atoms with van der Waals surface area (Å²) in [5.41, 5.74) is 0.855. The van der Waals surface area contributed by atoms with Crippen LogP contribution in [-0.4, -0.2) is 29.3 Å². The molecule has 0 N–H and O–H groups in total. The molecule has 0 bridgehead atoms. The van der Waals surface area contributed by atoms with Crippen LogP contribution in [0.25, 0.3) is 0 Å². The predicted octanol–water partition coefficient (Wildman–Crippen LogP) is 3.42. The van der Waals surface area contributed by atoms with Crippen LogP contribution in [0, 0.1) is 0 Å². The minimum absolute atomic E-state index is 0.00425. The Hall–Kier alpha value is -1.17. The standard InChI is InChI=1S/C13H16BrF2NO2/c1-3-11(14)12(18)17(2)8-9-4-6-10(7-5-9)19-13(15)16/h4-7,11,13H,3,8H2,1-2H3. The number of amides is 1. The number of hydrogen-bond acceptors (Lipinski definition) is 2. The summed E-state index contributed by atoms with van der Waals surface area (Å²) in [7, 11) is 1.70. The highest BCUT2D eigenvalue weighted by atomic mass is 79.9. The van der Waals surface area contributed by atoms with Crippen molar-refractivity contribution in [3.8, 4) is 5.75 Å². The van der Waals surface area contributed by atoms with Crippen molar-refractivity contribution in [2.45, 2.75) is 31.3 Å². The fourth-order valence-electron chi connectivity index (χ4n) is 1.54. The number of nitrogens with zero attached hydrogens (tertiary/aromatic N) is 1. The highest BCUT2D eigenvalue weighted by Gasteiger charge is 2.17. The van der Waals surface area contributed by atoms with E-state index >= 15 is 0 Å². The van der Waals surface area contributed by atoms with Gasteiger partial charge < -0.3 is 9.64 Å². The molecular formula is C13H16BrF2NO2. The number of hydrogen-bond donors (Lipinski definition) is 0. The van der Waals surface area contributed by atoms with Crippen LogP contribution in [0.3, 0.4) is 0 Å². The third kappa shape index (κ3) is 5.14. The first-order valence-electron chi connectivity index (χ1n) is 5.86. The van der Waals surface area contributed by atoms with E-state index in [4.69, 9.17) is 0 Å². The van der Waals surface area contributed by atoms with Crippen molar-refractivity contribution in [2.75, 3.05) is 7.05 Å². The molecule has 0 aliphatic carbocycles. The Labute approximate surface area is 119 Å². The molecule has 106 valence electrons. The number of rotatable bonds is 6. The van der Waals surface area contributed by atoms with Gasteiger partial charge in [-0.15, -0.1) is 0 Å². The largest absolute Gasteiger partial charge is 0.435 e. The quantitative estimate of drug-likeness (QED) is 0.745. The molecule has 1 aromatic rings. The Morgan fingerprint density at radius 2 is 1.95 bits per heavy atom. The summed E-state index contributed by atoms with van der Waals surface area (Å²) in [5, 5.41) is 0. The van der Waals surface area contributed by atoms with Crippen LogP contribution in [0.1, 0.15) is 18.9 Å². The van der Waals surface area contributed by atoms with Crippen molar-refractivity contribution in [3.05, 3.63) is 29.8 Å². The number of alkyl halides is 3.